The summed E-state index contributed by atoms with van der Waals surface area (Å²) in [5, 5.41) is 5.13. The summed E-state index contributed by atoms with van der Waals surface area (Å²) in [7, 11) is 1.48. The van der Waals surface area contributed by atoms with Crippen molar-refractivity contribution < 1.29 is 23.9 Å². The van der Waals surface area contributed by atoms with Crippen LogP contribution in [0.3, 0.4) is 0 Å². The van der Waals surface area contributed by atoms with Crippen molar-refractivity contribution in [3.8, 4) is 5.75 Å². The van der Waals surface area contributed by atoms with E-state index in [0.717, 1.165) is 6.42 Å². The monoisotopic (exact) mass is 400 g/mol. The highest BCUT2D eigenvalue weighted by molar-refractivity contribution is 9.10. The second kappa shape index (κ2) is 9.92. The SMILES string of the molecule is CCCNC(=O)[C@@H](C)NC(=O)COC(=O)c1cc(OC)ccc1Br. The second-order valence-corrected chi connectivity index (χ2v) is 5.86. The number of carbonyl (C=O) groups is 3. The molecule has 0 bridgehead atoms. The molecule has 0 unspecified atom stereocenters. The van der Waals surface area contributed by atoms with Gasteiger partial charge in [-0.15, -0.1) is 0 Å². The van der Waals surface area contributed by atoms with E-state index < -0.39 is 24.5 Å². The zero-order valence-electron chi connectivity index (χ0n) is 13.8. The van der Waals surface area contributed by atoms with Gasteiger partial charge < -0.3 is 20.1 Å². The van der Waals surface area contributed by atoms with Crippen molar-refractivity contribution in [2.45, 2.75) is 26.3 Å². The number of methoxy groups -OCH3 is 1. The summed E-state index contributed by atoms with van der Waals surface area (Å²) in [6, 6.07) is 4.14. The van der Waals surface area contributed by atoms with Crippen molar-refractivity contribution in [1.82, 2.24) is 10.6 Å². The topological polar surface area (TPSA) is 93.7 Å². The Hall–Kier alpha value is -2.09. The summed E-state index contributed by atoms with van der Waals surface area (Å²) in [6.45, 7) is 3.55. The molecule has 0 aliphatic heterocycles. The number of hydrogen-bond acceptors (Lipinski definition) is 5. The third kappa shape index (κ3) is 6.19. The molecule has 0 aliphatic rings. The van der Waals surface area contributed by atoms with Crippen LogP contribution in [-0.4, -0.2) is 44.1 Å². The van der Waals surface area contributed by atoms with Gasteiger partial charge in [-0.05, 0) is 47.5 Å². The lowest BCUT2D eigenvalue weighted by atomic mass is 10.2. The molecule has 0 saturated heterocycles. The molecule has 0 radical (unpaired) electrons. The van der Waals surface area contributed by atoms with Crippen molar-refractivity contribution in [2.24, 2.45) is 0 Å². The Bertz CT molecular complexity index is 606. The lowest BCUT2D eigenvalue weighted by Crippen LogP contribution is -2.46. The fourth-order valence-electron chi connectivity index (χ4n) is 1.75. The zero-order valence-corrected chi connectivity index (χ0v) is 15.4. The Balaban J connectivity index is 2.52. The van der Waals surface area contributed by atoms with Crippen molar-refractivity contribution in [2.75, 3.05) is 20.3 Å². The number of rotatable bonds is 8. The largest absolute Gasteiger partial charge is 0.497 e. The van der Waals surface area contributed by atoms with Gasteiger partial charge in [0.1, 0.15) is 11.8 Å². The van der Waals surface area contributed by atoms with Crippen LogP contribution < -0.4 is 15.4 Å². The molecule has 2 N–H and O–H groups in total. The quantitative estimate of drug-likeness (QED) is 0.646. The molecule has 1 atom stereocenters. The van der Waals surface area contributed by atoms with E-state index in [2.05, 4.69) is 26.6 Å². The standard InChI is InChI=1S/C16H21BrN2O5/c1-4-7-18-15(21)10(2)19-14(20)9-24-16(22)12-8-11(23-3)5-6-13(12)17/h5-6,8,10H,4,7,9H2,1-3H3,(H,18,21)(H,19,20)/t10-/m1/s1. The highest BCUT2D eigenvalue weighted by Crippen LogP contribution is 2.23. The van der Waals surface area contributed by atoms with Gasteiger partial charge in [-0.1, -0.05) is 6.92 Å². The summed E-state index contributed by atoms with van der Waals surface area (Å²) in [6.07, 6.45) is 0.805. The molecule has 7 nitrogen and oxygen atoms in total. The van der Waals surface area contributed by atoms with E-state index in [0.29, 0.717) is 16.8 Å². The minimum absolute atomic E-state index is 0.246. The van der Waals surface area contributed by atoms with Gasteiger partial charge in [0.15, 0.2) is 6.61 Å². The van der Waals surface area contributed by atoms with Crippen LogP contribution in [0.25, 0.3) is 0 Å². The highest BCUT2D eigenvalue weighted by atomic mass is 79.9. The van der Waals surface area contributed by atoms with Crippen LogP contribution in [0.2, 0.25) is 0 Å². The maximum absolute atomic E-state index is 12.0. The normalized spacial score (nSPS) is 11.3. The first kappa shape index (κ1) is 20.0. The number of carbonyl (C=O) groups excluding carboxylic acids is 3. The molecule has 0 spiro atoms. The summed E-state index contributed by atoms with van der Waals surface area (Å²) >= 11 is 3.24. The van der Waals surface area contributed by atoms with E-state index in [1.807, 2.05) is 6.92 Å². The third-order valence-electron chi connectivity index (χ3n) is 3.05. The fraction of sp³-hybridized carbons (Fsp3) is 0.438. The molecule has 1 aromatic rings. The molecule has 0 aromatic heterocycles. The molecule has 24 heavy (non-hydrogen) atoms. The van der Waals surface area contributed by atoms with E-state index in [4.69, 9.17) is 9.47 Å². The summed E-state index contributed by atoms with van der Waals surface area (Å²) in [5.74, 6) is -1.01. The zero-order chi connectivity index (χ0) is 18.1. The molecule has 0 saturated carbocycles. The van der Waals surface area contributed by atoms with Gasteiger partial charge in [0, 0.05) is 11.0 Å². The smallest absolute Gasteiger partial charge is 0.339 e. The lowest BCUT2D eigenvalue weighted by Gasteiger charge is -2.14. The third-order valence-corrected chi connectivity index (χ3v) is 3.74. The van der Waals surface area contributed by atoms with Gasteiger partial charge in [-0.2, -0.15) is 0 Å². The Labute approximate surface area is 149 Å². The molecule has 0 fully saturated rings. The minimum atomic E-state index is -0.702. The summed E-state index contributed by atoms with van der Waals surface area (Å²) in [4.78, 5) is 35.5. The van der Waals surface area contributed by atoms with Gasteiger partial charge in [-0.3, -0.25) is 9.59 Å². The Morgan fingerprint density at radius 2 is 2.00 bits per heavy atom. The van der Waals surface area contributed by atoms with Crippen molar-refractivity contribution in [3.63, 3.8) is 0 Å². The fourth-order valence-corrected chi connectivity index (χ4v) is 2.16. The van der Waals surface area contributed by atoms with E-state index in [1.165, 1.54) is 13.2 Å². The molecule has 1 rings (SSSR count). The highest BCUT2D eigenvalue weighted by Gasteiger charge is 2.18. The van der Waals surface area contributed by atoms with Gasteiger partial charge >= 0.3 is 5.97 Å². The second-order valence-electron chi connectivity index (χ2n) is 5.00. The Morgan fingerprint density at radius 3 is 2.62 bits per heavy atom. The number of hydrogen-bond donors (Lipinski definition) is 2. The molecule has 1 aromatic carbocycles. The van der Waals surface area contributed by atoms with Crippen molar-refractivity contribution in [1.29, 1.82) is 0 Å². The van der Waals surface area contributed by atoms with Crippen LogP contribution in [-0.2, 0) is 14.3 Å². The first-order valence-corrected chi connectivity index (χ1v) is 8.26. The molecular formula is C16H21BrN2O5. The predicted octanol–water partition coefficient (Wildman–Crippen LogP) is 1.65. The molecule has 2 amide bonds. The maximum Gasteiger partial charge on any atom is 0.339 e. The van der Waals surface area contributed by atoms with Gasteiger partial charge in [0.25, 0.3) is 5.91 Å². The number of amides is 2. The van der Waals surface area contributed by atoms with Crippen LogP contribution in [0.5, 0.6) is 5.75 Å². The maximum atomic E-state index is 12.0. The first-order valence-electron chi connectivity index (χ1n) is 7.46. The molecule has 132 valence electrons. The van der Waals surface area contributed by atoms with Gasteiger partial charge in [0.2, 0.25) is 5.91 Å². The molecule has 8 heteroatoms. The van der Waals surface area contributed by atoms with Crippen LogP contribution in [0.1, 0.15) is 30.6 Å². The van der Waals surface area contributed by atoms with E-state index in [-0.39, 0.29) is 11.5 Å². The van der Waals surface area contributed by atoms with Crippen molar-refractivity contribution >= 4 is 33.7 Å². The number of nitrogens with one attached hydrogen (secondary N) is 2. The Kier molecular flexibility index (Phi) is 8.25. The van der Waals surface area contributed by atoms with Crippen LogP contribution in [0.4, 0.5) is 0 Å². The number of esters is 1. The number of benzene rings is 1. The Morgan fingerprint density at radius 1 is 1.29 bits per heavy atom. The van der Waals surface area contributed by atoms with Crippen LogP contribution >= 0.6 is 15.9 Å². The van der Waals surface area contributed by atoms with Crippen LogP contribution in [0.15, 0.2) is 22.7 Å². The van der Waals surface area contributed by atoms with E-state index in [9.17, 15) is 14.4 Å². The number of halogens is 1. The van der Waals surface area contributed by atoms with E-state index >= 15 is 0 Å². The van der Waals surface area contributed by atoms with Crippen LogP contribution in [0, 0.1) is 0 Å². The molecular weight excluding hydrogens is 380 g/mol. The first-order chi connectivity index (χ1) is 11.4. The molecule has 0 aliphatic carbocycles. The van der Waals surface area contributed by atoms with Crippen molar-refractivity contribution in [3.05, 3.63) is 28.2 Å². The lowest BCUT2D eigenvalue weighted by molar-refractivity contribution is -0.130. The average molecular weight is 401 g/mol. The molecule has 0 heterocycles. The predicted molar refractivity (Wildman–Crippen MR) is 91.9 cm³/mol. The van der Waals surface area contributed by atoms with Gasteiger partial charge in [-0.25, -0.2) is 4.79 Å². The summed E-state index contributed by atoms with van der Waals surface area (Å²) in [5.41, 5.74) is 0.246. The number of ether oxygens (including phenoxy) is 2. The van der Waals surface area contributed by atoms with Gasteiger partial charge in [0.05, 0.1) is 12.7 Å². The summed E-state index contributed by atoms with van der Waals surface area (Å²) < 4.78 is 10.5. The minimum Gasteiger partial charge on any atom is -0.497 e. The average Bonchev–Trinajstić information content (AvgIpc) is 2.57. The van der Waals surface area contributed by atoms with E-state index in [1.54, 1.807) is 19.1 Å².